The number of aromatic amines is 1. The quantitative estimate of drug-likeness (QED) is 0.751. The summed E-state index contributed by atoms with van der Waals surface area (Å²) in [5.74, 6) is 0.0692. The highest BCUT2D eigenvalue weighted by Crippen LogP contribution is 2.47. The molecule has 0 bridgehead atoms. The Morgan fingerprint density at radius 3 is 2.50 bits per heavy atom. The molecular weight excluding hydrogens is 334 g/mol. The zero-order valence-corrected chi connectivity index (χ0v) is 16.3. The molecule has 0 aromatic carbocycles. The minimum absolute atomic E-state index is 0.0283. The summed E-state index contributed by atoms with van der Waals surface area (Å²) in [4.78, 5) is 23.3. The molecule has 0 amide bonds. The van der Waals surface area contributed by atoms with Crippen molar-refractivity contribution in [2.75, 3.05) is 5.73 Å². The topological polar surface area (TPSA) is 119 Å². The lowest BCUT2D eigenvalue weighted by Gasteiger charge is -2.35. The van der Waals surface area contributed by atoms with Gasteiger partial charge >= 0.3 is 5.69 Å². The highest BCUT2D eigenvalue weighted by atomic mass is 16.5. The number of rotatable bonds is 2. The van der Waals surface area contributed by atoms with Crippen LogP contribution in [0.1, 0.15) is 54.2 Å². The number of H-pyrrole nitrogens is 1. The number of hydrogen-bond donors (Lipinski definition) is 3. The fraction of sp³-hybridized carbons (Fsp3) is 0.722. The first-order valence-electron chi connectivity index (χ1n) is 8.94. The summed E-state index contributed by atoms with van der Waals surface area (Å²) < 4.78 is 7.61. The first-order chi connectivity index (χ1) is 11.9. The summed E-state index contributed by atoms with van der Waals surface area (Å²) in [6, 6.07) is 0. The average molecular weight is 363 g/mol. The molecule has 3 rings (SSSR count). The van der Waals surface area contributed by atoms with Gasteiger partial charge in [0, 0.05) is 5.92 Å². The maximum atomic E-state index is 12.6. The number of hydrogen-bond acceptors (Lipinski definition) is 6. The van der Waals surface area contributed by atoms with Crippen LogP contribution >= 0.6 is 0 Å². The van der Waals surface area contributed by atoms with Gasteiger partial charge in [-0.1, -0.05) is 41.5 Å². The van der Waals surface area contributed by atoms with E-state index >= 15 is 0 Å². The lowest BCUT2D eigenvalue weighted by atomic mass is 9.71. The molecule has 8 heteroatoms. The molecule has 26 heavy (non-hydrogen) atoms. The number of aromatic nitrogens is 4. The summed E-state index contributed by atoms with van der Waals surface area (Å²) in [6.07, 6.45) is 0.247. The van der Waals surface area contributed by atoms with Crippen LogP contribution in [0.15, 0.2) is 11.1 Å². The number of imidazole rings is 1. The van der Waals surface area contributed by atoms with Gasteiger partial charge in [0.1, 0.15) is 17.9 Å². The van der Waals surface area contributed by atoms with Crippen molar-refractivity contribution in [3.8, 4) is 0 Å². The normalized spacial score (nSPS) is 27.3. The van der Waals surface area contributed by atoms with Crippen LogP contribution in [-0.2, 0) is 4.74 Å². The number of nitrogens with one attached hydrogen (secondary N) is 1. The summed E-state index contributed by atoms with van der Waals surface area (Å²) in [5, 5.41) is 11.1. The number of nitrogen functional groups attached to an aromatic ring is 1. The van der Waals surface area contributed by atoms with Crippen LogP contribution in [0.2, 0.25) is 0 Å². The van der Waals surface area contributed by atoms with Gasteiger partial charge in [-0.05, 0) is 17.3 Å². The Bertz CT molecular complexity index is 858. The first-order valence-corrected chi connectivity index (χ1v) is 8.94. The van der Waals surface area contributed by atoms with Crippen molar-refractivity contribution >= 4 is 17.0 Å². The van der Waals surface area contributed by atoms with Crippen molar-refractivity contribution in [3.05, 3.63) is 16.8 Å². The van der Waals surface area contributed by atoms with Gasteiger partial charge in [-0.3, -0.25) is 0 Å². The molecule has 1 unspecified atom stereocenters. The van der Waals surface area contributed by atoms with Crippen molar-refractivity contribution in [1.82, 2.24) is 19.5 Å². The number of ether oxygens (including phenoxy) is 1. The molecule has 144 valence electrons. The van der Waals surface area contributed by atoms with Crippen LogP contribution in [0, 0.1) is 16.7 Å². The van der Waals surface area contributed by atoms with Gasteiger partial charge < -0.3 is 20.6 Å². The second kappa shape index (κ2) is 6.06. The number of fused-ring (bicyclic) bond motifs is 1. The predicted molar refractivity (Wildman–Crippen MR) is 99.5 cm³/mol. The van der Waals surface area contributed by atoms with E-state index in [9.17, 15) is 9.90 Å². The monoisotopic (exact) mass is 363 g/mol. The van der Waals surface area contributed by atoms with Crippen molar-refractivity contribution in [2.45, 2.75) is 66.4 Å². The molecule has 4 atom stereocenters. The van der Waals surface area contributed by atoms with Gasteiger partial charge in [-0.2, -0.15) is 0 Å². The van der Waals surface area contributed by atoms with Gasteiger partial charge in [0.25, 0.3) is 0 Å². The average Bonchev–Trinajstić information content (AvgIpc) is 2.94. The molecule has 4 N–H and O–H groups in total. The maximum absolute atomic E-state index is 12.6. The molecule has 0 saturated carbocycles. The van der Waals surface area contributed by atoms with E-state index in [-0.39, 0.29) is 28.7 Å². The zero-order valence-electron chi connectivity index (χ0n) is 16.3. The molecule has 1 fully saturated rings. The molecule has 0 aliphatic carbocycles. The van der Waals surface area contributed by atoms with E-state index in [2.05, 4.69) is 56.5 Å². The van der Waals surface area contributed by atoms with Crippen LogP contribution < -0.4 is 11.4 Å². The molecule has 0 radical (unpaired) electrons. The number of nitrogens with zero attached hydrogens (tertiary/aromatic N) is 3. The second-order valence-corrected chi connectivity index (χ2v) is 9.47. The largest absolute Gasteiger partial charge is 0.388 e. The molecule has 1 aliphatic rings. The summed E-state index contributed by atoms with van der Waals surface area (Å²) >= 11 is 0. The zero-order chi connectivity index (χ0) is 19.4. The van der Waals surface area contributed by atoms with Crippen LogP contribution in [0.25, 0.3) is 11.2 Å². The van der Waals surface area contributed by atoms with Gasteiger partial charge in [-0.15, -0.1) is 0 Å². The molecule has 8 nitrogen and oxygen atoms in total. The van der Waals surface area contributed by atoms with E-state index in [0.29, 0.717) is 11.2 Å². The molecule has 1 saturated heterocycles. The highest BCUT2D eigenvalue weighted by molar-refractivity contribution is 5.81. The van der Waals surface area contributed by atoms with Crippen molar-refractivity contribution in [1.29, 1.82) is 0 Å². The number of aliphatic hydroxyl groups is 1. The molecule has 3 heterocycles. The number of nitrogens with two attached hydrogens (primary N) is 1. The molecule has 1 aliphatic heterocycles. The van der Waals surface area contributed by atoms with Gasteiger partial charge in [-0.25, -0.2) is 19.3 Å². The smallest absolute Gasteiger partial charge is 0.330 e. The Balaban J connectivity index is 2.08. The van der Waals surface area contributed by atoms with Gasteiger partial charge in [0.15, 0.2) is 17.7 Å². The third kappa shape index (κ3) is 3.23. The maximum Gasteiger partial charge on any atom is 0.330 e. The first kappa shape index (κ1) is 18.8. The SMILES string of the molecule is CC(C)(C)C[C@H]1O[C@@H](n2c(=O)[nH]c3c(N)ncnc32)[C@H](O)C1C(C)(C)C. The van der Waals surface area contributed by atoms with Crippen molar-refractivity contribution < 1.29 is 9.84 Å². The van der Waals surface area contributed by atoms with Crippen molar-refractivity contribution in [3.63, 3.8) is 0 Å². The lowest BCUT2D eigenvalue weighted by Crippen LogP contribution is -2.38. The Labute approximate surface area is 152 Å². The Hall–Kier alpha value is -1.93. The summed E-state index contributed by atoms with van der Waals surface area (Å²) in [6.45, 7) is 12.7. The second-order valence-electron chi connectivity index (χ2n) is 9.47. The van der Waals surface area contributed by atoms with Crippen LogP contribution in [0.3, 0.4) is 0 Å². The minimum Gasteiger partial charge on any atom is -0.388 e. The molecule has 0 spiro atoms. The number of anilines is 1. The Kier molecular flexibility index (Phi) is 4.39. The molecule has 2 aromatic rings. The fourth-order valence-electron chi connectivity index (χ4n) is 4.00. The van der Waals surface area contributed by atoms with Gasteiger partial charge in [0.2, 0.25) is 0 Å². The van der Waals surface area contributed by atoms with Crippen LogP contribution in [0.5, 0.6) is 0 Å². The van der Waals surface area contributed by atoms with E-state index in [4.69, 9.17) is 10.5 Å². The van der Waals surface area contributed by atoms with Gasteiger partial charge in [0.05, 0.1) is 6.10 Å². The molecule has 2 aromatic heterocycles. The Morgan fingerprint density at radius 2 is 1.92 bits per heavy atom. The van der Waals surface area contributed by atoms with Crippen LogP contribution in [0.4, 0.5) is 5.82 Å². The predicted octanol–water partition coefficient (Wildman–Crippen LogP) is 2.06. The van der Waals surface area contributed by atoms with E-state index in [1.807, 2.05) is 0 Å². The summed E-state index contributed by atoms with van der Waals surface area (Å²) in [5.41, 5.74) is 5.97. The third-order valence-corrected chi connectivity index (χ3v) is 4.98. The minimum atomic E-state index is -0.838. The molecular formula is C18H29N5O3. The Morgan fingerprint density at radius 1 is 1.27 bits per heavy atom. The van der Waals surface area contributed by atoms with E-state index in [1.54, 1.807) is 0 Å². The third-order valence-electron chi connectivity index (χ3n) is 4.98. The standard InChI is InChI=1S/C18H29N5O3/c1-17(2,3)7-9-10(18(4,5)6)12(24)15(26-9)23-14-11(22-16(23)25)13(19)20-8-21-14/h8-10,12,15,24H,7H2,1-6H3,(H,22,25)(H2,19,20,21)/t9-,10?,12-,15-/m1/s1. The van der Waals surface area contributed by atoms with E-state index < -0.39 is 18.0 Å². The van der Waals surface area contributed by atoms with Crippen LogP contribution in [-0.4, -0.2) is 36.8 Å². The lowest BCUT2D eigenvalue weighted by molar-refractivity contribution is -0.0467. The van der Waals surface area contributed by atoms with E-state index in [0.717, 1.165) is 6.42 Å². The highest BCUT2D eigenvalue weighted by Gasteiger charge is 2.51. The fourth-order valence-corrected chi connectivity index (χ4v) is 4.00. The summed E-state index contributed by atoms with van der Waals surface area (Å²) in [7, 11) is 0. The van der Waals surface area contributed by atoms with Crippen molar-refractivity contribution in [2.24, 2.45) is 16.7 Å². The van der Waals surface area contributed by atoms with E-state index in [1.165, 1.54) is 10.9 Å². The number of aliphatic hydroxyl groups excluding tert-OH is 1.